The second-order valence-electron chi connectivity index (χ2n) is 8.36. The van der Waals surface area contributed by atoms with Crippen LogP contribution in [0, 0.1) is 26.4 Å². The Labute approximate surface area is 211 Å². The number of pyridine rings is 1. The maximum Gasteiger partial charge on any atom is 0.393 e. The van der Waals surface area contributed by atoms with E-state index in [1.807, 2.05) is 0 Å². The first-order valence-electron chi connectivity index (χ1n) is 14.6. The quantitative estimate of drug-likeness (QED) is 0.187. The summed E-state index contributed by atoms with van der Waals surface area (Å²) in [5.41, 5.74) is 0.124. The third-order valence-corrected chi connectivity index (χ3v) is 5.94. The minimum atomic E-state index is -5.33. The van der Waals surface area contributed by atoms with Crippen LogP contribution in [0.3, 0.4) is 0 Å². The zero-order valence-electron chi connectivity index (χ0n) is 26.6. The van der Waals surface area contributed by atoms with Crippen molar-refractivity contribution in [3.8, 4) is 22.4 Å². The first kappa shape index (κ1) is 15.4. The molecule has 2 heterocycles. The lowest BCUT2D eigenvalue weighted by molar-refractivity contribution is -0.660. The molecule has 0 N–H and O–H groups in total. The van der Waals surface area contributed by atoms with Crippen LogP contribution >= 0.6 is 0 Å². The predicted octanol–water partition coefficient (Wildman–Crippen LogP) is 7.91. The molecule has 0 aliphatic rings. The van der Waals surface area contributed by atoms with Crippen LogP contribution in [-0.4, -0.2) is 6.18 Å². The number of aryl methyl sites for hydroxylation is 4. The van der Waals surface area contributed by atoms with Crippen molar-refractivity contribution in [1.29, 1.82) is 0 Å². The molecule has 5 rings (SSSR count). The van der Waals surface area contributed by atoms with E-state index in [1.165, 1.54) is 29.0 Å². The fraction of sp³-hybridized carbons (Fsp3) is 0.207. The van der Waals surface area contributed by atoms with Crippen molar-refractivity contribution in [1.82, 2.24) is 0 Å². The van der Waals surface area contributed by atoms with Gasteiger partial charge in [-0.1, -0.05) is 30.3 Å². The van der Waals surface area contributed by atoms with Gasteiger partial charge >= 0.3 is 6.18 Å². The second kappa shape index (κ2) is 8.22. The van der Waals surface area contributed by atoms with Crippen LogP contribution in [0.2, 0.25) is 0 Å². The Bertz CT molecular complexity index is 1910. The van der Waals surface area contributed by atoms with Gasteiger partial charge in [0.1, 0.15) is 24.0 Å². The summed E-state index contributed by atoms with van der Waals surface area (Å²) < 4.78 is 126. The summed E-state index contributed by atoms with van der Waals surface area (Å²) in [4.78, 5) is 0. The topological polar surface area (TPSA) is 17.0 Å². The summed E-state index contributed by atoms with van der Waals surface area (Å²) in [6.07, 6.45) is -7.89. The summed E-state index contributed by atoms with van der Waals surface area (Å²) in [6, 6.07) is 11.6. The van der Waals surface area contributed by atoms with Gasteiger partial charge in [-0.15, -0.1) is 0 Å². The summed E-state index contributed by atoms with van der Waals surface area (Å²) in [6.45, 7) is -4.02. The Morgan fingerprint density at radius 3 is 2.43 bits per heavy atom. The lowest BCUT2D eigenvalue weighted by Crippen LogP contribution is -2.31. The minimum Gasteiger partial charge on any atom is -0.455 e. The molecule has 0 saturated carbocycles. The molecule has 0 atom stereocenters. The molecule has 0 fully saturated rings. The van der Waals surface area contributed by atoms with Crippen molar-refractivity contribution in [2.75, 3.05) is 0 Å². The molecule has 0 spiro atoms. The van der Waals surface area contributed by atoms with E-state index in [1.54, 1.807) is 32.2 Å². The first-order valence-corrected chi connectivity index (χ1v) is 10.6. The lowest BCUT2D eigenvalue weighted by atomic mass is 9.92. The Morgan fingerprint density at radius 1 is 0.914 bits per heavy atom. The van der Waals surface area contributed by atoms with Gasteiger partial charge in [-0.3, -0.25) is 0 Å². The van der Waals surface area contributed by atoms with Crippen molar-refractivity contribution in [3.63, 3.8) is 0 Å². The number of furan rings is 1. The van der Waals surface area contributed by atoms with Crippen molar-refractivity contribution >= 4 is 21.9 Å². The zero-order valence-corrected chi connectivity index (χ0v) is 18.6. The molecule has 6 heteroatoms. The molecule has 0 saturated heterocycles. The average molecular weight is 487 g/mol. The van der Waals surface area contributed by atoms with Crippen LogP contribution in [0.1, 0.15) is 33.2 Å². The average Bonchev–Trinajstić information content (AvgIpc) is 3.24. The van der Waals surface area contributed by atoms with Gasteiger partial charge in [-0.25, -0.2) is 8.96 Å². The Morgan fingerprint density at radius 2 is 1.69 bits per heavy atom. The number of rotatable bonds is 3. The van der Waals surface area contributed by atoms with Crippen molar-refractivity contribution in [2.24, 2.45) is 7.05 Å². The number of hydrogen-bond donors (Lipinski definition) is 0. The Hall–Kier alpha value is -3.67. The van der Waals surface area contributed by atoms with Crippen LogP contribution in [0.15, 0.2) is 65.2 Å². The molecule has 0 aliphatic heterocycles. The molecular formula is C29H24F4NO+. The molecule has 0 aliphatic carbocycles. The molecule has 0 radical (unpaired) electrons. The normalized spacial score (nSPS) is 16.6. The monoisotopic (exact) mass is 486 g/mol. The zero-order chi connectivity index (χ0) is 31.9. The van der Waals surface area contributed by atoms with Crippen LogP contribution < -0.4 is 4.57 Å². The van der Waals surface area contributed by atoms with Gasteiger partial charge < -0.3 is 4.42 Å². The fourth-order valence-electron chi connectivity index (χ4n) is 4.37. The third-order valence-electron chi connectivity index (χ3n) is 5.94. The number of hydrogen-bond acceptors (Lipinski definition) is 1. The largest absolute Gasteiger partial charge is 0.455 e. The van der Waals surface area contributed by atoms with E-state index in [9.17, 15) is 17.6 Å². The molecule has 0 unspecified atom stereocenters. The van der Waals surface area contributed by atoms with E-state index in [4.69, 9.17) is 15.4 Å². The number of alkyl halides is 3. The maximum absolute atomic E-state index is 14.0. The highest BCUT2D eigenvalue weighted by atomic mass is 19.4. The van der Waals surface area contributed by atoms with Crippen molar-refractivity contribution in [2.45, 2.75) is 33.2 Å². The predicted molar refractivity (Wildman–Crippen MR) is 130 cm³/mol. The smallest absolute Gasteiger partial charge is 0.393 e. The van der Waals surface area contributed by atoms with Crippen LogP contribution in [0.25, 0.3) is 44.3 Å². The number of nitrogens with zero attached hydrogens (tertiary/aromatic N) is 1. The molecule has 2 aromatic heterocycles. The molecule has 5 aromatic rings. The highest BCUT2D eigenvalue weighted by molar-refractivity contribution is 6.09. The highest BCUT2D eigenvalue weighted by Crippen LogP contribution is 2.39. The fourth-order valence-corrected chi connectivity index (χ4v) is 4.37. The van der Waals surface area contributed by atoms with Crippen LogP contribution in [-0.2, 0) is 13.4 Å². The molecule has 0 amide bonds. The minimum absolute atomic E-state index is 0.0862. The van der Waals surface area contributed by atoms with Gasteiger partial charge in [0, 0.05) is 39.4 Å². The van der Waals surface area contributed by atoms with E-state index in [0.29, 0.717) is 39.2 Å². The van der Waals surface area contributed by atoms with E-state index in [0.717, 1.165) is 12.1 Å². The van der Waals surface area contributed by atoms with Crippen molar-refractivity contribution in [3.05, 3.63) is 88.9 Å². The number of aromatic nitrogens is 1. The summed E-state index contributed by atoms with van der Waals surface area (Å²) >= 11 is 0. The Balaban J connectivity index is 1.86. The SMILES string of the molecule is [2H]C([2H])([2H])c1cc(C([2H])([2H])C(F)(F)F)ccc1-c1cc(-c2c(C)ccc3c2oc2cc(F)ccc23)[n+](C)cc1C([2H])([2H])[2H]. The number of halogens is 4. The van der Waals surface area contributed by atoms with Gasteiger partial charge in [-0.05, 0) is 60.6 Å². The third kappa shape index (κ3) is 4.18. The standard InChI is InChI=1S/C29H24F4NO/c1-16-5-8-23-22-10-7-20(30)12-26(22)35-28(23)27(16)25-13-24(18(3)15-34(25)4)21-9-6-19(11-17(21)2)14-29(31,32)33/h5-13,15H,14H2,1-4H3/q+1/i2D3,3D3,14D2. The van der Waals surface area contributed by atoms with Crippen LogP contribution in [0.4, 0.5) is 17.6 Å². The second-order valence-corrected chi connectivity index (χ2v) is 8.36. The number of benzene rings is 3. The van der Waals surface area contributed by atoms with Crippen LogP contribution in [0.5, 0.6) is 0 Å². The molecule has 178 valence electrons. The van der Waals surface area contributed by atoms with Gasteiger partial charge in [0.2, 0.25) is 5.69 Å². The van der Waals surface area contributed by atoms with E-state index in [2.05, 4.69) is 0 Å². The van der Waals surface area contributed by atoms with Crippen molar-refractivity contribution < 1.29 is 37.5 Å². The maximum atomic E-state index is 14.0. The lowest BCUT2D eigenvalue weighted by Gasteiger charge is -2.14. The Kier molecular flexibility index (Phi) is 3.61. The van der Waals surface area contributed by atoms with Gasteiger partial charge in [-0.2, -0.15) is 13.2 Å². The molecule has 35 heavy (non-hydrogen) atoms. The molecular weight excluding hydrogens is 454 g/mol. The molecule has 0 bridgehead atoms. The molecule has 3 aromatic carbocycles. The summed E-state index contributed by atoms with van der Waals surface area (Å²) in [7, 11) is 1.58. The van der Waals surface area contributed by atoms with E-state index < -0.39 is 43.2 Å². The summed E-state index contributed by atoms with van der Waals surface area (Å²) in [5.74, 6) is -0.504. The van der Waals surface area contributed by atoms with Gasteiger partial charge in [0.15, 0.2) is 6.20 Å². The van der Waals surface area contributed by atoms with E-state index in [-0.39, 0.29) is 22.3 Å². The van der Waals surface area contributed by atoms with E-state index >= 15 is 0 Å². The highest BCUT2D eigenvalue weighted by Gasteiger charge is 2.28. The van der Waals surface area contributed by atoms with Gasteiger partial charge in [0.05, 0.1) is 11.9 Å². The summed E-state index contributed by atoms with van der Waals surface area (Å²) in [5, 5.41) is 1.29. The number of fused-ring (bicyclic) bond motifs is 3. The first-order chi connectivity index (χ1) is 19.7. The molecule has 2 nitrogen and oxygen atoms in total. The van der Waals surface area contributed by atoms with Gasteiger partial charge in [0.25, 0.3) is 0 Å².